The molecule has 0 spiro atoms. The predicted molar refractivity (Wildman–Crippen MR) is 125 cm³/mol. The Bertz CT molecular complexity index is 1110. The van der Waals surface area contributed by atoms with Gasteiger partial charge in [0.15, 0.2) is 0 Å². The van der Waals surface area contributed by atoms with E-state index in [1.54, 1.807) is 31.2 Å². The van der Waals surface area contributed by atoms with Crippen LogP contribution in [0.1, 0.15) is 34.0 Å². The van der Waals surface area contributed by atoms with Crippen molar-refractivity contribution < 1.29 is 14.3 Å². The van der Waals surface area contributed by atoms with Crippen LogP contribution in [0.5, 0.6) is 0 Å². The Morgan fingerprint density at radius 2 is 1.87 bits per heavy atom. The molecule has 3 rings (SSSR count). The number of anilines is 1. The van der Waals surface area contributed by atoms with Crippen molar-refractivity contribution in [3.63, 3.8) is 0 Å². The van der Waals surface area contributed by atoms with Crippen molar-refractivity contribution in [1.82, 2.24) is 0 Å². The van der Waals surface area contributed by atoms with Gasteiger partial charge in [-0.2, -0.15) is 0 Å². The van der Waals surface area contributed by atoms with Crippen molar-refractivity contribution >= 4 is 23.6 Å². The predicted octanol–water partition coefficient (Wildman–Crippen LogP) is 4.81. The molecule has 3 aromatic rings. The van der Waals surface area contributed by atoms with E-state index in [-0.39, 0.29) is 18.3 Å². The minimum Gasteiger partial charge on any atom is -0.466 e. The van der Waals surface area contributed by atoms with Crippen LogP contribution >= 0.6 is 0 Å². The molecule has 5 heteroatoms. The molecular weight excluding hydrogens is 388 g/mol. The van der Waals surface area contributed by atoms with E-state index < -0.39 is 0 Å². The van der Waals surface area contributed by atoms with E-state index in [1.165, 1.54) is 0 Å². The normalized spacial score (nSPS) is 10.4. The first-order valence-electron chi connectivity index (χ1n) is 10.2. The van der Waals surface area contributed by atoms with Crippen LogP contribution in [-0.2, 0) is 22.5 Å². The third-order valence-corrected chi connectivity index (χ3v) is 4.91. The van der Waals surface area contributed by atoms with Crippen LogP contribution in [0, 0.1) is 0 Å². The van der Waals surface area contributed by atoms with Crippen molar-refractivity contribution in [3.05, 3.63) is 95.6 Å². The lowest BCUT2D eigenvalue weighted by molar-refractivity contribution is -0.142. The van der Waals surface area contributed by atoms with Gasteiger partial charge in [0.1, 0.15) is 0 Å². The summed E-state index contributed by atoms with van der Waals surface area (Å²) in [4.78, 5) is 24.9. The van der Waals surface area contributed by atoms with Gasteiger partial charge in [0.25, 0.3) is 5.91 Å². The largest absolute Gasteiger partial charge is 0.466 e. The average molecular weight is 415 g/mol. The van der Waals surface area contributed by atoms with E-state index >= 15 is 0 Å². The zero-order valence-corrected chi connectivity index (χ0v) is 17.6. The van der Waals surface area contributed by atoms with Crippen LogP contribution in [0.25, 0.3) is 17.2 Å². The molecule has 158 valence electrons. The molecule has 0 atom stereocenters. The van der Waals surface area contributed by atoms with Crippen molar-refractivity contribution in [3.8, 4) is 11.1 Å². The number of hydrogen-bond donors (Lipinski definition) is 2. The molecule has 3 N–H and O–H groups in total. The molecule has 0 aliphatic rings. The first-order chi connectivity index (χ1) is 15.0. The van der Waals surface area contributed by atoms with Crippen LogP contribution in [0.4, 0.5) is 5.69 Å². The Kier molecular flexibility index (Phi) is 7.35. The van der Waals surface area contributed by atoms with Crippen molar-refractivity contribution in [2.24, 2.45) is 5.73 Å². The SMILES string of the molecule is C=Cc1ccc(C(=O)Nc2ccccc2CC(=O)OCC)cc1-c1cccc(CN)c1. The van der Waals surface area contributed by atoms with Gasteiger partial charge in [-0.3, -0.25) is 9.59 Å². The maximum atomic E-state index is 13.0. The van der Waals surface area contributed by atoms with Gasteiger partial charge in [0.05, 0.1) is 13.0 Å². The molecule has 0 fully saturated rings. The van der Waals surface area contributed by atoms with E-state index in [1.807, 2.05) is 48.5 Å². The highest BCUT2D eigenvalue weighted by molar-refractivity contribution is 6.06. The zero-order chi connectivity index (χ0) is 22.2. The van der Waals surface area contributed by atoms with Gasteiger partial charge in [-0.05, 0) is 59.0 Å². The van der Waals surface area contributed by atoms with Crippen molar-refractivity contribution in [2.45, 2.75) is 19.9 Å². The van der Waals surface area contributed by atoms with Gasteiger partial charge < -0.3 is 15.8 Å². The smallest absolute Gasteiger partial charge is 0.310 e. The summed E-state index contributed by atoms with van der Waals surface area (Å²) in [5.74, 6) is -0.593. The number of carbonyl (C=O) groups is 2. The number of benzene rings is 3. The minimum atomic E-state index is -0.332. The van der Waals surface area contributed by atoms with Crippen LogP contribution in [-0.4, -0.2) is 18.5 Å². The number of amides is 1. The number of rotatable bonds is 8. The third kappa shape index (κ3) is 5.47. The summed E-state index contributed by atoms with van der Waals surface area (Å²) in [6.07, 6.45) is 1.86. The standard InChI is InChI=1S/C26H26N2O3/c1-3-19-12-13-22(15-23(19)20-10-7-8-18(14-20)17-27)26(30)28-24-11-6-5-9-21(24)16-25(29)31-4-2/h3,5-15H,1,4,16-17,27H2,2H3,(H,28,30). The van der Waals surface area contributed by atoms with E-state index in [9.17, 15) is 9.59 Å². The summed E-state index contributed by atoms with van der Waals surface area (Å²) in [6, 6.07) is 20.6. The Morgan fingerprint density at radius 1 is 1.06 bits per heavy atom. The van der Waals surface area contributed by atoms with Crippen LogP contribution in [0.2, 0.25) is 0 Å². The molecular formula is C26H26N2O3. The molecule has 0 aliphatic heterocycles. The lowest BCUT2D eigenvalue weighted by atomic mass is 9.95. The van der Waals surface area contributed by atoms with Crippen molar-refractivity contribution in [1.29, 1.82) is 0 Å². The van der Waals surface area contributed by atoms with E-state index in [4.69, 9.17) is 10.5 Å². The molecule has 0 saturated heterocycles. The topological polar surface area (TPSA) is 81.4 Å². The van der Waals surface area contributed by atoms with Gasteiger partial charge in [-0.1, -0.05) is 55.1 Å². The molecule has 0 bridgehead atoms. The molecule has 31 heavy (non-hydrogen) atoms. The highest BCUT2D eigenvalue weighted by atomic mass is 16.5. The number of para-hydroxylation sites is 1. The fraction of sp³-hybridized carbons (Fsp3) is 0.154. The Labute approximate surface area is 182 Å². The van der Waals surface area contributed by atoms with Gasteiger partial charge in [0.2, 0.25) is 0 Å². The Hall–Kier alpha value is -3.70. The van der Waals surface area contributed by atoms with Crippen molar-refractivity contribution in [2.75, 3.05) is 11.9 Å². The fourth-order valence-electron chi connectivity index (χ4n) is 3.35. The first-order valence-corrected chi connectivity index (χ1v) is 10.2. The molecule has 0 aromatic heterocycles. The number of ether oxygens (including phenoxy) is 1. The summed E-state index contributed by atoms with van der Waals surface area (Å²) >= 11 is 0. The Balaban J connectivity index is 1.90. The second kappa shape index (κ2) is 10.4. The molecule has 0 aliphatic carbocycles. The molecule has 0 radical (unpaired) electrons. The second-order valence-electron chi connectivity index (χ2n) is 7.00. The molecule has 5 nitrogen and oxygen atoms in total. The summed E-state index contributed by atoms with van der Waals surface area (Å²) in [7, 11) is 0. The quantitative estimate of drug-likeness (QED) is 0.518. The zero-order valence-electron chi connectivity index (χ0n) is 17.6. The average Bonchev–Trinajstić information content (AvgIpc) is 2.80. The summed E-state index contributed by atoms with van der Waals surface area (Å²) < 4.78 is 5.03. The molecule has 0 saturated carbocycles. The van der Waals surface area contributed by atoms with Crippen LogP contribution in [0.3, 0.4) is 0 Å². The molecule has 1 amide bonds. The second-order valence-corrected chi connectivity index (χ2v) is 7.00. The van der Waals surface area contributed by atoms with Crippen LogP contribution in [0.15, 0.2) is 73.3 Å². The maximum absolute atomic E-state index is 13.0. The lowest BCUT2D eigenvalue weighted by Crippen LogP contribution is -2.15. The highest BCUT2D eigenvalue weighted by Crippen LogP contribution is 2.27. The summed E-state index contributed by atoms with van der Waals surface area (Å²) in [5.41, 5.74) is 11.4. The molecule has 0 heterocycles. The summed E-state index contributed by atoms with van der Waals surface area (Å²) in [6.45, 7) is 6.41. The molecule has 0 unspecified atom stereocenters. The highest BCUT2D eigenvalue weighted by Gasteiger charge is 2.14. The van der Waals surface area contributed by atoms with E-state index in [2.05, 4.69) is 11.9 Å². The monoisotopic (exact) mass is 414 g/mol. The van der Waals surface area contributed by atoms with E-state index in [0.29, 0.717) is 30.0 Å². The van der Waals surface area contributed by atoms with Gasteiger partial charge in [-0.15, -0.1) is 0 Å². The fourth-order valence-corrected chi connectivity index (χ4v) is 3.35. The number of nitrogens with two attached hydrogens (primary N) is 1. The lowest BCUT2D eigenvalue weighted by Gasteiger charge is -2.13. The van der Waals surface area contributed by atoms with Crippen LogP contribution < -0.4 is 11.1 Å². The van der Waals surface area contributed by atoms with Gasteiger partial charge in [-0.25, -0.2) is 0 Å². The minimum absolute atomic E-state index is 0.0941. The number of esters is 1. The third-order valence-electron chi connectivity index (χ3n) is 4.91. The number of carbonyl (C=O) groups excluding carboxylic acids is 2. The van der Waals surface area contributed by atoms with E-state index in [0.717, 1.165) is 22.3 Å². The molecule has 3 aromatic carbocycles. The summed E-state index contributed by atoms with van der Waals surface area (Å²) in [5, 5.41) is 2.92. The van der Waals surface area contributed by atoms with Gasteiger partial charge in [0, 0.05) is 17.8 Å². The first kappa shape index (κ1) is 22.0. The number of nitrogens with one attached hydrogen (secondary N) is 1. The van der Waals surface area contributed by atoms with Gasteiger partial charge >= 0.3 is 5.97 Å². The number of hydrogen-bond acceptors (Lipinski definition) is 4. The maximum Gasteiger partial charge on any atom is 0.310 e. The Morgan fingerprint density at radius 3 is 2.61 bits per heavy atom.